The lowest BCUT2D eigenvalue weighted by Gasteiger charge is -2.23. The fraction of sp³-hybridized carbons (Fsp3) is 0.500. The first kappa shape index (κ1) is 15.5. The van der Waals surface area contributed by atoms with Gasteiger partial charge in [-0.3, -0.25) is 14.8 Å². The average Bonchev–Trinajstić information content (AvgIpc) is 2.52. The molecule has 21 heavy (non-hydrogen) atoms. The molecule has 1 aromatic rings. The first-order valence-electron chi connectivity index (χ1n) is 7.29. The van der Waals surface area contributed by atoms with Crippen molar-refractivity contribution in [3.63, 3.8) is 0 Å². The molecular formula is C16H21NO4. The maximum Gasteiger partial charge on any atom is 0.243 e. The fourth-order valence-corrected chi connectivity index (χ4v) is 2.83. The highest BCUT2D eigenvalue weighted by atomic mass is 16.5. The third kappa shape index (κ3) is 3.82. The second-order valence-corrected chi connectivity index (χ2v) is 5.40. The third-order valence-electron chi connectivity index (χ3n) is 4.04. The van der Waals surface area contributed by atoms with Crippen molar-refractivity contribution >= 4 is 11.7 Å². The van der Waals surface area contributed by atoms with E-state index in [1.54, 1.807) is 12.6 Å². The number of carbonyl (C=O) groups is 2. The summed E-state index contributed by atoms with van der Waals surface area (Å²) in [6, 6.07) is 5.61. The number of fused-ring (bicyclic) bond motifs is 1. The van der Waals surface area contributed by atoms with E-state index in [9.17, 15) is 9.59 Å². The zero-order valence-electron chi connectivity index (χ0n) is 12.2. The third-order valence-corrected chi connectivity index (χ3v) is 4.04. The number of amides is 1. The van der Waals surface area contributed by atoms with Crippen LogP contribution >= 0.6 is 0 Å². The predicted molar refractivity (Wildman–Crippen MR) is 77.5 cm³/mol. The number of ether oxygens (including phenoxy) is 1. The summed E-state index contributed by atoms with van der Waals surface area (Å²) < 4.78 is 5.19. The lowest BCUT2D eigenvalue weighted by molar-refractivity contribution is -0.129. The first-order chi connectivity index (χ1) is 10.2. The highest BCUT2D eigenvalue weighted by Crippen LogP contribution is 2.31. The number of hydrogen-bond donors (Lipinski definition) is 2. The van der Waals surface area contributed by atoms with E-state index in [-0.39, 0.29) is 17.6 Å². The lowest BCUT2D eigenvalue weighted by atomic mass is 9.80. The van der Waals surface area contributed by atoms with Gasteiger partial charge in [0, 0.05) is 17.9 Å². The number of nitrogens with one attached hydrogen (secondary N) is 1. The van der Waals surface area contributed by atoms with Crippen molar-refractivity contribution in [2.24, 2.45) is 5.92 Å². The van der Waals surface area contributed by atoms with E-state index in [4.69, 9.17) is 9.94 Å². The Hall–Kier alpha value is -1.88. The molecule has 0 bridgehead atoms. The number of benzene rings is 1. The van der Waals surface area contributed by atoms with Gasteiger partial charge in [0.05, 0.1) is 7.11 Å². The monoisotopic (exact) mass is 291 g/mol. The summed E-state index contributed by atoms with van der Waals surface area (Å²) in [5.74, 6) is 0.658. The highest BCUT2D eigenvalue weighted by molar-refractivity contribution is 6.00. The van der Waals surface area contributed by atoms with Crippen LogP contribution in [0.4, 0.5) is 0 Å². The topological polar surface area (TPSA) is 75.6 Å². The van der Waals surface area contributed by atoms with Crippen LogP contribution in [0.25, 0.3) is 0 Å². The van der Waals surface area contributed by atoms with Crippen LogP contribution in [0, 0.1) is 5.92 Å². The summed E-state index contributed by atoms with van der Waals surface area (Å²) in [4.78, 5) is 23.4. The smallest absolute Gasteiger partial charge is 0.243 e. The predicted octanol–water partition coefficient (Wildman–Crippen LogP) is 2.51. The highest BCUT2D eigenvalue weighted by Gasteiger charge is 2.27. The van der Waals surface area contributed by atoms with Crippen molar-refractivity contribution in [3.8, 4) is 5.75 Å². The second-order valence-electron chi connectivity index (χ2n) is 5.40. The van der Waals surface area contributed by atoms with Crippen molar-refractivity contribution in [1.29, 1.82) is 0 Å². The Balaban J connectivity index is 1.90. The largest absolute Gasteiger partial charge is 0.497 e. The fourth-order valence-electron chi connectivity index (χ4n) is 2.83. The number of Topliss-reactive ketones (excluding diaryl/α,β-unsaturated/α-hetero) is 1. The molecule has 0 aliphatic heterocycles. The van der Waals surface area contributed by atoms with Crippen LogP contribution in [0.1, 0.15) is 48.0 Å². The Kier molecular flexibility index (Phi) is 5.33. The Morgan fingerprint density at radius 3 is 2.95 bits per heavy atom. The molecule has 1 unspecified atom stereocenters. The van der Waals surface area contributed by atoms with Crippen LogP contribution in [-0.4, -0.2) is 24.0 Å². The van der Waals surface area contributed by atoms with Crippen LogP contribution in [0.3, 0.4) is 0 Å². The van der Waals surface area contributed by atoms with Gasteiger partial charge in [-0.25, -0.2) is 5.48 Å². The number of methoxy groups -OCH3 is 1. The number of carbonyl (C=O) groups excluding carboxylic acids is 2. The van der Waals surface area contributed by atoms with Gasteiger partial charge in [0.1, 0.15) is 5.75 Å². The van der Waals surface area contributed by atoms with Gasteiger partial charge in [-0.15, -0.1) is 0 Å². The molecule has 1 aliphatic carbocycles. The van der Waals surface area contributed by atoms with E-state index >= 15 is 0 Å². The zero-order chi connectivity index (χ0) is 15.2. The van der Waals surface area contributed by atoms with Crippen molar-refractivity contribution in [3.05, 3.63) is 29.3 Å². The molecular weight excluding hydrogens is 270 g/mol. The molecule has 1 amide bonds. The van der Waals surface area contributed by atoms with E-state index in [0.29, 0.717) is 12.8 Å². The van der Waals surface area contributed by atoms with E-state index in [0.717, 1.165) is 42.6 Å². The van der Waals surface area contributed by atoms with Crippen LogP contribution in [0.2, 0.25) is 0 Å². The molecule has 0 saturated carbocycles. The van der Waals surface area contributed by atoms with E-state index in [1.165, 1.54) is 0 Å². The first-order valence-corrected chi connectivity index (χ1v) is 7.29. The van der Waals surface area contributed by atoms with Crippen molar-refractivity contribution < 1.29 is 19.5 Å². The second kappa shape index (κ2) is 7.22. The summed E-state index contributed by atoms with van der Waals surface area (Å²) in [7, 11) is 1.62. The van der Waals surface area contributed by atoms with Crippen LogP contribution < -0.4 is 10.2 Å². The van der Waals surface area contributed by atoms with E-state index < -0.39 is 0 Å². The van der Waals surface area contributed by atoms with Gasteiger partial charge in [-0.1, -0.05) is 6.42 Å². The quantitative estimate of drug-likeness (QED) is 0.480. The average molecular weight is 291 g/mol. The number of hydrogen-bond acceptors (Lipinski definition) is 4. The number of hydroxylamine groups is 1. The molecule has 1 aliphatic rings. The standard InChI is InChI=1S/C16H21NO4/c1-21-13-8-9-14-12(10-13)7-6-11(16(14)19)4-2-3-5-15(18)17-20/h8-11,20H,2-7H2,1H3,(H,17,18). The van der Waals surface area contributed by atoms with Crippen molar-refractivity contribution in [1.82, 2.24) is 5.48 Å². The molecule has 2 N–H and O–H groups in total. The molecule has 1 aromatic carbocycles. The molecule has 2 rings (SSSR count). The number of aryl methyl sites for hydroxylation is 1. The van der Waals surface area contributed by atoms with Gasteiger partial charge in [0.25, 0.3) is 0 Å². The minimum Gasteiger partial charge on any atom is -0.497 e. The normalized spacial score (nSPS) is 17.2. The van der Waals surface area contributed by atoms with Gasteiger partial charge in [0.2, 0.25) is 5.91 Å². The van der Waals surface area contributed by atoms with E-state index in [2.05, 4.69) is 0 Å². The molecule has 5 nitrogen and oxygen atoms in total. The Morgan fingerprint density at radius 1 is 1.43 bits per heavy atom. The maximum absolute atomic E-state index is 12.4. The number of rotatable bonds is 6. The van der Waals surface area contributed by atoms with Crippen LogP contribution in [-0.2, 0) is 11.2 Å². The molecule has 0 spiro atoms. The lowest BCUT2D eigenvalue weighted by Crippen LogP contribution is -2.23. The SMILES string of the molecule is COc1ccc2c(c1)CCC(CCCCC(=O)NO)C2=O. The van der Waals surface area contributed by atoms with Crippen LogP contribution in [0.15, 0.2) is 18.2 Å². The molecule has 5 heteroatoms. The van der Waals surface area contributed by atoms with Gasteiger partial charge in [0.15, 0.2) is 5.78 Å². The molecule has 0 fully saturated rings. The molecule has 0 aromatic heterocycles. The van der Waals surface area contributed by atoms with Gasteiger partial charge < -0.3 is 4.74 Å². The summed E-state index contributed by atoms with van der Waals surface area (Å²) in [5, 5.41) is 8.41. The van der Waals surface area contributed by atoms with Crippen LogP contribution in [0.5, 0.6) is 5.75 Å². The Morgan fingerprint density at radius 2 is 2.24 bits per heavy atom. The zero-order valence-corrected chi connectivity index (χ0v) is 12.2. The van der Waals surface area contributed by atoms with Gasteiger partial charge in [-0.2, -0.15) is 0 Å². The number of ketones is 1. The molecule has 0 heterocycles. The summed E-state index contributed by atoms with van der Waals surface area (Å²) in [5.41, 5.74) is 3.49. The van der Waals surface area contributed by atoms with E-state index in [1.807, 2.05) is 18.2 Å². The maximum atomic E-state index is 12.4. The summed E-state index contributed by atoms with van der Waals surface area (Å²) in [6.45, 7) is 0. The van der Waals surface area contributed by atoms with Gasteiger partial charge in [-0.05, 0) is 49.4 Å². The molecule has 0 radical (unpaired) electrons. The minimum absolute atomic E-state index is 0.0445. The minimum atomic E-state index is -0.373. The van der Waals surface area contributed by atoms with Crippen molar-refractivity contribution in [2.75, 3.05) is 7.11 Å². The van der Waals surface area contributed by atoms with Gasteiger partial charge >= 0.3 is 0 Å². The summed E-state index contributed by atoms with van der Waals surface area (Å²) in [6.07, 6.45) is 4.33. The molecule has 0 saturated heterocycles. The Bertz CT molecular complexity index is 527. The van der Waals surface area contributed by atoms with Crippen molar-refractivity contribution in [2.45, 2.75) is 38.5 Å². The molecule has 1 atom stereocenters. The number of unbranched alkanes of at least 4 members (excludes halogenated alkanes) is 1. The summed E-state index contributed by atoms with van der Waals surface area (Å²) >= 11 is 0. The molecule has 114 valence electrons. The Labute approximate surface area is 124 Å².